The molecule has 0 atom stereocenters. The first-order valence-electron chi connectivity index (χ1n) is 2.59. The number of rotatable bonds is 1. The lowest BCUT2D eigenvalue weighted by Crippen LogP contribution is -2.44. The third-order valence-electron chi connectivity index (χ3n) is 1.44. The molecule has 0 bridgehead atoms. The van der Waals surface area contributed by atoms with Crippen molar-refractivity contribution in [2.75, 3.05) is 5.33 Å². The van der Waals surface area contributed by atoms with Gasteiger partial charge < -0.3 is 5.11 Å². The molecular formula is C5H8BrFO. The summed E-state index contributed by atoms with van der Waals surface area (Å²) >= 11 is 3.02. The first-order valence-corrected chi connectivity index (χ1v) is 3.71. The van der Waals surface area contributed by atoms with Crippen molar-refractivity contribution in [2.45, 2.75) is 24.6 Å². The van der Waals surface area contributed by atoms with E-state index in [-0.39, 0.29) is 0 Å². The first kappa shape index (κ1) is 6.49. The molecule has 0 saturated heterocycles. The van der Waals surface area contributed by atoms with E-state index in [9.17, 15) is 4.39 Å². The molecule has 0 unspecified atom stereocenters. The summed E-state index contributed by atoms with van der Waals surface area (Å²) < 4.78 is 12.7. The number of alkyl halides is 2. The Bertz CT molecular complexity index is 90.4. The van der Waals surface area contributed by atoms with Gasteiger partial charge in [0, 0.05) is 18.2 Å². The SMILES string of the molecule is OC1CC(F)(CBr)C1. The summed E-state index contributed by atoms with van der Waals surface area (Å²) in [4.78, 5) is 0. The van der Waals surface area contributed by atoms with Crippen molar-refractivity contribution in [2.24, 2.45) is 0 Å². The molecule has 0 heterocycles. The monoisotopic (exact) mass is 182 g/mol. The second-order valence-corrected chi connectivity index (χ2v) is 2.91. The van der Waals surface area contributed by atoms with E-state index in [2.05, 4.69) is 15.9 Å². The van der Waals surface area contributed by atoms with Crippen LogP contribution in [-0.2, 0) is 0 Å². The fraction of sp³-hybridized carbons (Fsp3) is 1.00. The molecule has 1 aliphatic carbocycles. The standard InChI is InChI=1S/C5H8BrFO/c6-3-5(7)1-4(8)2-5/h4,8H,1-3H2. The highest BCUT2D eigenvalue weighted by atomic mass is 79.9. The highest BCUT2D eigenvalue weighted by molar-refractivity contribution is 9.09. The fourth-order valence-electron chi connectivity index (χ4n) is 0.894. The molecule has 1 N–H and O–H groups in total. The zero-order chi connectivity index (χ0) is 6.20. The van der Waals surface area contributed by atoms with Gasteiger partial charge in [0.25, 0.3) is 0 Å². The minimum Gasteiger partial charge on any atom is -0.393 e. The molecule has 48 valence electrons. The summed E-state index contributed by atoms with van der Waals surface area (Å²) in [5, 5.41) is 9.01. The lowest BCUT2D eigenvalue weighted by atomic mass is 9.81. The van der Waals surface area contributed by atoms with Crippen LogP contribution in [0.4, 0.5) is 4.39 Å². The van der Waals surface area contributed by atoms with Crippen molar-refractivity contribution in [3.63, 3.8) is 0 Å². The average molecular weight is 183 g/mol. The molecule has 0 aromatic heterocycles. The average Bonchev–Trinajstić information content (AvgIpc) is 1.63. The second kappa shape index (κ2) is 1.95. The summed E-state index contributed by atoms with van der Waals surface area (Å²) in [6.45, 7) is 0. The van der Waals surface area contributed by atoms with Gasteiger partial charge in [-0.3, -0.25) is 0 Å². The van der Waals surface area contributed by atoms with Crippen LogP contribution in [0.3, 0.4) is 0 Å². The zero-order valence-electron chi connectivity index (χ0n) is 4.40. The van der Waals surface area contributed by atoms with Gasteiger partial charge in [0.15, 0.2) is 0 Å². The van der Waals surface area contributed by atoms with Gasteiger partial charge in [-0.25, -0.2) is 4.39 Å². The molecular weight excluding hydrogens is 175 g/mol. The molecule has 0 aliphatic heterocycles. The van der Waals surface area contributed by atoms with Crippen molar-refractivity contribution < 1.29 is 9.50 Å². The van der Waals surface area contributed by atoms with E-state index in [4.69, 9.17) is 5.11 Å². The highest BCUT2D eigenvalue weighted by Crippen LogP contribution is 2.37. The van der Waals surface area contributed by atoms with Gasteiger partial charge >= 0.3 is 0 Å². The Hall–Kier alpha value is 0.370. The van der Waals surface area contributed by atoms with Crippen molar-refractivity contribution in [3.05, 3.63) is 0 Å². The van der Waals surface area contributed by atoms with Crippen LogP contribution >= 0.6 is 15.9 Å². The van der Waals surface area contributed by atoms with Crippen LogP contribution in [0.2, 0.25) is 0 Å². The minimum atomic E-state index is -1.10. The topological polar surface area (TPSA) is 20.2 Å². The lowest BCUT2D eigenvalue weighted by Gasteiger charge is -2.36. The number of hydrogen-bond donors (Lipinski definition) is 1. The molecule has 0 radical (unpaired) electrons. The molecule has 1 saturated carbocycles. The molecule has 0 spiro atoms. The van der Waals surface area contributed by atoms with E-state index in [0.717, 1.165) is 0 Å². The smallest absolute Gasteiger partial charge is 0.125 e. The second-order valence-electron chi connectivity index (χ2n) is 2.35. The van der Waals surface area contributed by atoms with Gasteiger partial charge in [-0.1, -0.05) is 15.9 Å². The van der Waals surface area contributed by atoms with E-state index in [1.807, 2.05) is 0 Å². The Labute approximate surface area is 56.0 Å². The lowest BCUT2D eigenvalue weighted by molar-refractivity contribution is -0.0397. The molecule has 1 fully saturated rings. The van der Waals surface area contributed by atoms with Gasteiger partial charge in [0.2, 0.25) is 0 Å². The van der Waals surface area contributed by atoms with Crippen LogP contribution in [0.15, 0.2) is 0 Å². The maximum absolute atomic E-state index is 12.7. The normalized spacial score (nSPS) is 46.1. The van der Waals surface area contributed by atoms with Crippen LogP contribution < -0.4 is 0 Å². The van der Waals surface area contributed by atoms with Gasteiger partial charge in [0.1, 0.15) is 5.67 Å². The number of aliphatic hydroxyl groups excluding tert-OH is 1. The van der Waals surface area contributed by atoms with Crippen molar-refractivity contribution in [1.29, 1.82) is 0 Å². The van der Waals surface area contributed by atoms with E-state index in [0.29, 0.717) is 18.2 Å². The van der Waals surface area contributed by atoms with E-state index in [1.165, 1.54) is 0 Å². The van der Waals surface area contributed by atoms with E-state index >= 15 is 0 Å². The highest BCUT2D eigenvalue weighted by Gasteiger charge is 2.42. The Morgan fingerprint density at radius 1 is 1.75 bits per heavy atom. The van der Waals surface area contributed by atoms with E-state index < -0.39 is 11.8 Å². The summed E-state index contributed by atoms with van der Waals surface area (Å²) in [6.07, 6.45) is 0.216. The Morgan fingerprint density at radius 2 is 2.25 bits per heavy atom. The quantitative estimate of drug-likeness (QED) is 0.606. The minimum absolute atomic E-state index is 0.304. The third-order valence-corrected chi connectivity index (χ3v) is 2.45. The van der Waals surface area contributed by atoms with E-state index in [1.54, 1.807) is 0 Å². The molecule has 0 amide bonds. The summed E-state index contributed by atoms with van der Waals surface area (Å²) in [5.41, 5.74) is -1.10. The Kier molecular flexibility index (Phi) is 1.59. The molecule has 1 aliphatic rings. The van der Waals surface area contributed by atoms with Crippen molar-refractivity contribution in [1.82, 2.24) is 0 Å². The third kappa shape index (κ3) is 1.03. The first-order chi connectivity index (χ1) is 3.66. The molecule has 0 aromatic rings. The Balaban J connectivity index is 2.30. The van der Waals surface area contributed by atoms with Crippen LogP contribution in [0.5, 0.6) is 0 Å². The molecule has 8 heavy (non-hydrogen) atoms. The summed E-state index contributed by atoms with van der Waals surface area (Å²) in [6, 6.07) is 0. The predicted octanol–water partition coefficient (Wildman–Crippen LogP) is 1.24. The molecule has 1 rings (SSSR count). The van der Waals surface area contributed by atoms with Gasteiger partial charge in [0.05, 0.1) is 6.10 Å². The van der Waals surface area contributed by atoms with Crippen LogP contribution in [-0.4, -0.2) is 22.2 Å². The molecule has 0 aromatic carbocycles. The Morgan fingerprint density at radius 3 is 2.38 bits per heavy atom. The van der Waals surface area contributed by atoms with Gasteiger partial charge in [-0.2, -0.15) is 0 Å². The zero-order valence-corrected chi connectivity index (χ0v) is 5.99. The fourth-order valence-corrected chi connectivity index (χ4v) is 1.35. The largest absolute Gasteiger partial charge is 0.393 e. The van der Waals surface area contributed by atoms with Crippen LogP contribution in [0, 0.1) is 0 Å². The summed E-state index contributed by atoms with van der Waals surface area (Å²) in [7, 11) is 0. The van der Waals surface area contributed by atoms with Crippen LogP contribution in [0.25, 0.3) is 0 Å². The number of hydrogen-bond acceptors (Lipinski definition) is 1. The molecule has 3 heteroatoms. The summed E-state index contributed by atoms with van der Waals surface area (Å²) in [5.74, 6) is 0. The molecule has 1 nitrogen and oxygen atoms in total. The van der Waals surface area contributed by atoms with Crippen molar-refractivity contribution in [3.8, 4) is 0 Å². The number of halogens is 2. The van der Waals surface area contributed by atoms with Crippen molar-refractivity contribution >= 4 is 15.9 Å². The van der Waals surface area contributed by atoms with Crippen LogP contribution in [0.1, 0.15) is 12.8 Å². The number of aliphatic hydroxyl groups is 1. The predicted molar refractivity (Wildman–Crippen MR) is 32.9 cm³/mol. The maximum atomic E-state index is 12.7. The van der Waals surface area contributed by atoms with Gasteiger partial charge in [-0.05, 0) is 0 Å². The maximum Gasteiger partial charge on any atom is 0.125 e. The van der Waals surface area contributed by atoms with Gasteiger partial charge in [-0.15, -0.1) is 0 Å².